The molecule has 0 bridgehead atoms. The second kappa shape index (κ2) is 9.59. The zero-order valence-electron chi connectivity index (χ0n) is 13.8. The Morgan fingerprint density at radius 2 is 1.79 bits per heavy atom. The van der Waals surface area contributed by atoms with Crippen LogP contribution in [0.3, 0.4) is 0 Å². The van der Waals surface area contributed by atoms with Gasteiger partial charge in [0.25, 0.3) is 5.69 Å². The molecule has 1 fully saturated rings. The predicted octanol–water partition coefficient (Wildman–Crippen LogP) is 3.12. The lowest BCUT2D eigenvalue weighted by molar-refractivity contribution is -0.384. The highest BCUT2D eigenvalue weighted by Crippen LogP contribution is 2.25. The molecule has 1 aliphatic rings. The van der Waals surface area contributed by atoms with Crippen molar-refractivity contribution in [3.05, 3.63) is 39.9 Å². The lowest BCUT2D eigenvalue weighted by Crippen LogP contribution is -2.55. The van der Waals surface area contributed by atoms with E-state index >= 15 is 0 Å². The van der Waals surface area contributed by atoms with Crippen LogP contribution in [0, 0.1) is 10.1 Å². The summed E-state index contributed by atoms with van der Waals surface area (Å²) in [4.78, 5) is 22.3. The maximum Gasteiger partial charge on any atom is 0.269 e. The molecule has 1 aromatic carbocycles. The minimum Gasteiger partial charge on any atom is -0.355 e. The molecule has 0 atom stereocenters. The van der Waals surface area contributed by atoms with E-state index < -0.39 is 10.5 Å². The Balaban J connectivity index is 0.00000288. The largest absolute Gasteiger partial charge is 0.355 e. The number of hydrogen-bond donors (Lipinski definition) is 2. The van der Waals surface area contributed by atoms with Crippen LogP contribution in [0.1, 0.15) is 50.5 Å². The Labute approximate surface area is 148 Å². The maximum absolute atomic E-state index is 12.2. The Morgan fingerprint density at radius 1 is 1.17 bits per heavy atom. The summed E-state index contributed by atoms with van der Waals surface area (Å²) in [6, 6.07) is 6.62. The number of nitrogens with one attached hydrogen (secondary N) is 1. The van der Waals surface area contributed by atoms with Gasteiger partial charge in [0, 0.05) is 18.7 Å². The van der Waals surface area contributed by atoms with Crippen LogP contribution < -0.4 is 11.1 Å². The van der Waals surface area contributed by atoms with Gasteiger partial charge in [-0.1, -0.05) is 31.4 Å². The Bertz CT molecular complexity index is 543. The first-order valence-electron chi connectivity index (χ1n) is 8.32. The van der Waals surface area contributed by atoms with Crippen LogP contribution >= 0.6 is 12.4 Å². The predicted molar refractivity (Wildman–Crippen MR) is 96.3 cm³/mol. The third kappa shape index (κ3) is 5.76. The van der Waals surface area contributed by atoms with Crippen molar-refractivity contribution < 1.29 is 9.72 Å². The van der Waals surface area contributed by atoms with E-state index in [1.807, 2.05) is 0 Å². The van der Waals surface area contributed by atoms with Gasteiger partial charge >= 0.3 is 0 Å². The fraction of sp³-hybridized carbons (Fsp3) is 0.588. The molecule has 1 amide bonds. The second-order valence-corrected chi connectivity index (χ2v) is 6.35. The number of nitro groups is 1. The number of nitrogens with two attached hydrogens (primary N) is 1. The third-order valence-corrected chi connectivity index (χ3v) is 4.52. The highest BCUT2D eigenvalue weighted by atomic mass is 35.5. The van der Waals surface area contributed by atoms with Gasteiger partial charge in [0.1, 0.15) is 0 Å². The number of non-ortho nitro benzene ring substituents is 1. The molecule has 0 aliphatic heterocycles. The molecule has 0 radical (unpaired) electrons. The summed E-state index contributed by atoms with van der Waals surface area (Å²) in [7, 11) is 0. The molecule has 0 spiro atoms. The van der Waals surface area contributed by atoms with Crippen molar-refractivity contribution in [2.75, 3.05) is 6.54 Å². The summed E-state index contributed by atoms with van der Waals surface area (Å²) in [6.45, 7) is 0.630. The van der Waals surface area contributed by atoms with E-state index in [0.717, 1.165) is 50.5 Å². The van der Waals surface area contributed by atoms with E-state index in [1.54, 1.807) is 12.1 Å². The number of unbranched alkanes of at least 4 members (excludes halogenated alkanes) is 1. The number of halogens is 1. The van der Waals surface area contributed by atoms with Crippen LogP contribution in [-0.2, 0) is 11.2 Å². The van der Waals surface area contributed by atoms with E-state index in [9.17, 15) is 14.9 Å². The van der Waals surface area contributed by atoms with Gasteiger partial charge in [0.15, 0.2) is 0 Å². The van der Waals surface area contributed by atoms with Crippen LogP contribution in [0.25, 0.3) is 0 Å². The number of rotatable bonds is 7. The molecule has 1 aliphatic carbocycles. The topological polar surface area (TPSA) is 98.3 Å². The van der Waals surface area contributed by atoms with Crippen molar-refractivity contribution in [2.45, 2.75) is 56.9 Å². The fourth-order valence-electron chi connectivity index (χ4n) is 3.03. The summed E-state index contributed by atoms with van der Waals surface area (Å²) < 4.78 is 0. The Kier molecular flexibility index (Phi) is 8.15. The normalized spacial score (nSPS) is 16.0. The van der Waals surface area contributed by atoms with Gasteiger partial charge in [0.2, 0.25) is 5.91 Å². The van der Waals surface area contributed by atoms with E-state index in [0.29, 0.717) is 6.54 Å². The van der Waals surface area contributed by atoms with Crippen LogP contribution in [0.2, 0.25) is 0 Å². The molecular weight excluding hydrogens is 330 g/mol. The van der Waals surface area contributed by atoms with Crippen LogP contribution in [0.5, 0.6) is 0 Å². The number of amides is 1. The molecule has 6 nitrogen and oxygen atoms in total. The van der Waals surface area contributed by atoms with Crippen molar-refractivity contribution in [3.8, 4) is 0 Å². The van der Waals surface area contributed by atoms with Crippen molar-refractivity contribution >= 4 is 24.0 Å². The summed E-state index contributed by atoms with van der Waals surface area (Å²) in [5, 5.41) is 13.5. The first-order chi connectivity index (χ1) is 11.0. The van der Waals surface area contributed by atoms with E-state index in [-0.39, 0.29) is 24.0 Å². The summed E-state index contributed by atoms with van der Waals surface area (Å²) in [6.07, 6.45) is 7.44. The average molecular weight is 356 g/mol. The summed E-state index contributed by atoms with van der Waals surface area (Å²) in [5.41, 5.74) is 6.70. The highest BCUT2D eigenvalue weighted by Gasteiger charge is 2.34. The standard InChI is InChI=1S/C17H25N3O3.ClH/c18-17(11-3-1-4-12-17)16(21)19-13-5-2-6-14-7-9-15(10-8-14)20(22)23;/h7-10H,1-6,11-13,18H2,(H,19,21);1H. The van der Waals surface area contributed by atoms with Gasteiger partial charge < -0.3 is 11.1 Å². The lowest BCUT2D eigenvalue weighted by atomic mass is 9.82. The quantitative estimate of drug-likeness (QED) is 0.446. The van der Waals surface area contributed by atoms with Gasteiger partial charge in [-0.15, -0.1) is 12.4 Å². The molecular formula is C17H26ClN3O3. The lowest BCUT2D eigenvalue weighted by Gasteiger charge is -2.31. The van der Waals surface area contributed by atoms with Crippen molar-refractivity contribution in [2.24, 2.45) is 5.73 Å². The van der Waals surface area contributed by atoms with Crippen LogP contribution in [0.15, 0.2) is 24.3 Å². The minimum atomic E-state index is -0.670. The molecule has 2 rings (SSSR count). The van der Waals surface area contributed by atoms with E-state index in [4.69, 9.17) is 5.73 Å². The number of carbonyl (C=O) groups is 1. The fourth-order valence-corrected chi connectivity index (χ4v) is 3.03. The number of aryl methyl sites for hydroxylation is 1. The summed E-state index contributed by atoms with van der Waals surface area (Å²) in [5.74, 6) is -0.0208. The smallest absolute Gasteiger partial charge is 0.269 e. The van der Waals surface area contributed by atoms with Gasteiger partial charge in [-0.25, -0.2) is 0 Å². The Morgan fingerprint density at radius 3 is 2.38 bits per heavy atom. The van der Waals surface area contributed by atoms with E-state index in [2.05, 4.69) is 5.32 Å². The number of benzene rings is 1. The van der Waals surface area contributed by atoms with E-state index in [1.165, 1.54) is 18.6 Å². The number of hydrogen-bond acceptors (Lipinski definition) is 4. The van der Waals surface area contributed by atoms with Crippen LogP contribution in [0.4, 0.5) is 5.69 Å². The molecule has 0 unspecified atom stereocenters. The molecule has 1 aromatic rings. The third-order valence-electron chi connectivity index (χ3n) is 4.52. The molecule has 3 N–H and O–H groups in total. The highest BCUT2D eigenvalue weighted by molar-refractivity contribution is 5.86. The van der Waals surface area contributed by atoms with Crippen molar-refractivity contribution in [1.29, 1.82) is 0 Å². The molecule has 0 heterocycles. The minimum absolute atomic E-state index is 0. The molecule has 24 heavy (non-hydrogen) atoms. The van der Waals surface area contributed by atoms with Gasteiger partial charge in [0.05, 0.1) is 10.5 Å². The van der Waals surface area contributed by atoms with Gasteiger partial charge in [-0.05, 0) is 37.7 Å². The number of carbonyl (C=O) groups excluding carboxylic acids is 1. The number of nitro benzene ring substituents is 1. The first kappa shape index (κ1) is 20.4. The average Bonchev–Trinajstić information content (AvgIpc) is 2.55. The molecule has 0 saturated heterocycles. The maximum atomic E-state index is 12.2. The SMILES string of the molecule is Cl.NC1(C(=O)NCCCCc2ccc([N+](=O)[O-])cc2)CCCCC1. The molecule has 7 heteroatoms. The second-order valence-electron chi connectivity index (χ2n) is 6.35. The molecule has 134 valence electrons. The number of nitrogens with zero attached hydrogens (tertiary/aromatic N) is 1. The monoisotopic (exact) mass is 355 g/mol. The van der Waals surface area contributed by atoms with Gasteiger partial charge in [-0.2, -0.15) is 0 Å². The molecule has 1 saturated carbocycles. The zero-order valence-corrected chi connectivity index (χ0v) is 14.6. The first-order valence-corrected chi connectivity index (χ1v) is 8.32. The summed E-state index contributed by atoms with van der Waals surface area (Å²) >= 11 is 0. The Hall–Kier alpha value is -1.66. The molecule has 0 aromatic heterocycles. The van der Waals surface area contributed by atoms with Crippen molar-refractivity contribution in [1.82, 2.24) is 5.32 Å². The van der Waals surface area contributed by atoms with Crippen LogP contribution in [-0.4, -0.2) is 22.9 Å². The van der Waals surface area contributed by atoms with Gasteiger partial charge in [-0.3, -0.25) is 14.9 Å². The zero-order chi connectivity index (χ0) is 16.7. The van der Waals surface area contributed by atoms with Crippen molar-refractivity contribution in [3.63, 3.8) is 0 Å².